The van der Waals surface area contributed by atoms with E-state index < -0.39 is 20.0 Å². The highest BCUT2D eigenvalue weighted by atomic mass is 32.2. The maximum absolute atomic E-state index is 12.5. The Morgan fingerprint density at radius 3 is 2.90 bits per heavy atom. The topological polar surface area (TPSA) is 102 Å². The lowest BCUT2D eigenvalue weighted by Gasteiger charge is -2.21. The zero-order chi connectivity index (χ0) is 15.0. The number of nitro benzene ring substituents is 1. The summed E-state index contributed by atoms with van der Waals surface area (Å²) in [6.07, 6.45) is 1.44. The average molecular weight is 327 g/mol. The van der Waals surface area contributed by atoms with Gasteiger partial charge in [-0.1, -0.05) is 0 Å². The summed E-state index contributed by atoms with van der Waals surface area (Å²) in [5.74, 6) is 0. The molecule has 7 nitrogen and oxygen atoms in total. The Hall–Kier alpha value is -1.58. The Balaban J connectivity index is 2.02. The first-order chi connectivity index (χ1) is 9.98. The molecule has 1 aliphatic heterocycles. The van der Waals surface area contributed by atoms with Crippen LogP contribution in [0.3, 0.4) is 0 Å². The van der Waals surface area contributed by atoms with Gasteiger partial charge in [0.1, 0.15) is 0 Å². The molecule has 0 spiro atoms. The van der Waals surface area contributed by atoms with Crippen LogP contribution >= 0.6 is 11.3 Å². The van der Waals surface area contributed by atoms with Crippen molar-refractivity contribution in [1.29, 1.82) is 0 Å². The Kier molecular flexibility index (Phi) is 3.64. The van der Waals surface area contributed by atoms with Crippen molar-refractivity contribution in [2.24, 2.45) is 0 Å². The molecule has 0 radical (unpaired) electrons. The molecule has 0 bridgehead atoms. The second kappa shape index (κ2) is 5.32. The molecule has 9 heteroatoms. The SMILES string of the molecule is O=[N+]([O-])c1ccc2sc(S(=O)(=O)[C@H]3CCCNC3)nc2c1. The molecule has 21 heavy (non-hydrogen) atoms. The third-order valence-corrected chi connectivity index (χ3v) is 7.13. The van der Waals surface area contributed by atoms with E-state index in [1.165, 1.54) is 12.1 Å². The zero-order valence-corrected chi connectivity index (χ0v) is 12.6. The Labute approximate surface area is 125 Å². The normalized spacial score (nSPS) is 19.7. The van der Waals surface area contributed by atoms with E-state index in [2.05, 4.69) is 10.3 Å². The Morgan fingerprint density at radius 2 is 2.24 bits per heavy atom. The lowest BCUT2D eigenvalue weighted by Crippen LogP contribution is -2.38. The first kappa shape index (κ1) is 14.4. The third-order valence-electron chi connectivity index (χ3n) is 3.50. The third kappa shape index (κ3) is 2.63. The molecule has 112 valence electrons. The number of hydrogen-bond acceptors (Lipinski definition) is 7. The molecule has 1 N–H and O–H groups in total. The smallest absolute Gasteiger partial charge is 0.271 e. The summed E-state index contributed by atoms with van der Waals surface area (Å²) in [4.78, 5) is 14.3. The van der Waals surface area contributed by atoms with E-state index in [9.17, 15) is 18.5 Å². The highest BCUT2D eigenvalue weighted by Crippen LogP contribution is 2.31. The summed E-state index contributed by atoms with van der Waals surface area (Å²) >= 11 is 1.07. The van der Waals surface area contributed by atoms with Crippen LogP contribution in [-0.4, -0.2) is 36.7 Å². The number of rotatable bonds is 3. The maximum atomic E-state index is 12.5. The van der Waals surface area contributed by atoms with Gasteiger partial charge in [0.25, 0.3) is 5.69 Å². The monoisotopic (exact) mass is 327 g/mol. The van der Waals surface area contributed by atoms with Crippen LogP contribution in [0.5, 0.6) is 0 Å². The van der Waals surface area contributed by atoms with Crippen molar-refractivity contribution in [2.75, 3.05) is 13.1 Å². The van der Waals surface area contributed by atoms with Crippen molar-refractivity contribution in [3.63, 3.8) is 0 Å². The van der Waals surface area contributed by atoms with E-state index in [1.54, 1.807) is 6.07 Å². The van der Waals surface area contributed by atoms with E-state index in [0.717, 1.165) is 24.3 Å². The number of sulfone groups is 1. The van der Waals surface area contributed by atoms with E-state index in [0.29, 0.717) is 23.2 Å². The highest BCUT2D eigenvalue weighted by Gasteiger charge is 2.31. The molecule has 0 aliphatic carbocycles. The maximum Gasteiger partial charge on any atom is 0.271 e. The molecule has 1 saturated heterocycles. The molecular formula is C12H13N3O4S2. The summed E-state index contributed by atoms with van der Waals surface area (Å²) in [6, 6.07) is 4.21. The minimum atomic E-state index is -3.48. The number of piperidine rings is 1. The van der Waals surface area contributed by atoms with Crippen LogP contribution in [0.2, 0.25) is 0 Å². The summed E-state index contributed by atoms with van der Waals surface area (Å²) in [5.41, 5.74) is 0.271. The summed E-state index contributed by atoms with van der Waals surface area (Å²) in [7, 11) is -3.48. The van der Waals surface area contributed by atoms with Gasteiger partial charge in [-0.05, 0) is 25.5 Å². The minimum absolute atomic E-state index is 0.0479. The first-order valence-corrected chi connectivity index (χ1v) is 8.84. The molecule has 1 aliphatic rings. The number of thiazole rings is 1. The van der Waals surface area contributed by atoms with Crippen LogP contribution in [0.4, 0.5) is 5.69 Å². The van der Waals surface area contributed by atoms with Crippen molar-refractivity contribution >= 4 is 37.1 Å². The second-order valence-electron chi connectivity index (χ2n) is 4.90. The number of benzene rings is 1. The van der Waals surface area contributed by atoms with Crippen LogP contribution in [0.15, 0.2) is 22.5 Å². The lowest BCUT2D eigenvalue weighted by molar-refractivity contribution is -0.384. The number of fused-ring (bicyclic) bond motifs is 1. The fourth-order valence-electron chi connectivity index (χ4n) is 2.36. The average Bonchev–Trinajstić information content (AvgIpc) is 2.91. The molecule has 0 saturated carbocycles. The predicted octanol–water partition coefficient (Wildman–Crippen LogP) is 1.73. The molecular weight excluding hydrogens is 314 g/mol. The number of nitrogens with one attached hydrogen (secondary N) is 1. The number of hydrogen-bond donors (Lipinski definition) is 1. The van der Waals surface area contributed by atoms with Crippen LogP contribution in [-0.2, 0) is 9.84 Å². The predicted molar refractivity (Wildman–Crippen MR) is 79.4 cm³/mol. The van der Waals surface area contributed by atoms with Crippen LogP contribution in [0, 0.1) is 10.1 Å². The lowest BCUT2D eigenvalue weighted by atomic mass is 10.2. The van der Waals surface area contributed by atoms with E-state index in [-0.39, 0.29) is 10.0 Å². The summed E-state index contributed by atoms with van der Waals surface area (Å²) in [6.45, 7) is 1.26. The quantitative estimate of drug-likeness (QED) is 0.680. The minimum Gasteiger partial charge on any atom is -0.315 e. The van der Waals surface area contributed by atoms with Crippen LogP contribution in [0.1, 0.15) is 12.8 Å². The molecule has 2 heterocycles. The van der Waals surface area contributed by atoms with Crippen molar-refractivity contribution in [2.45, 2.75) is 22.4 Å². The molecule has 3 rings (SSSR count). The number of non-ortho nitro benzene ring substituents is 1. The molecule has 2 aromatic rings. The number of nitro groups is 1. The van der Waals surface area contributed by atoms with Gasteiger partial charge in [-0.25, -0.2) is 13.4 Å². The van der Waals surface area contributed by atoms with Gasteiger partial charge < -0.3 is 5.32 Å². The van der Waals surface area contributed by atoms with E-state index in [4.69, 9.17) is 0 Å². The van der Waals surface area contributed by atoms with Gasteiger partial charge in [0.05, 0.1) is 20.4 Å². The first-order valence-electron chi connectivity index (χ1n) is 6.48. The van der Waals surface area contributed by atoms with Gasteiger partial charge in [0.2, 0.25) is 14.2 Å². The molecule has 1 fully saturated rings. The van der Waals surface area contributed by atoms with Gasteiger partial charge in [-0.2, -0.15) is 0 Å². The van der Waals surface area contributed by atoms with Crippen LogP contribution < -0.4 is 5.32 Å². The van der Waals surface area contributed by atoms with Gasteiger partial charge >= 0.3 is 0 Å². The molecule has 1 aromatic carbocycles. The zero-order valence-electron chi connectivity index (χ0n) is 11.0. The van der Waals surface area contributed by atoms with Crippen molar-refractivity contribution < 1.29 is 13.3 Å². The highest BCUT2D eigenvalue weighted by molar-refractivity contribution is 7.94. The fraction of sp³-hybridized carbons (Fsp3) is 0.417. The van der Waals surface area contributed by atoms with Gasteiger partial charge in [-0.3, -0.25) is 10.1 Å². The largest absolute Gasteiger partial charge is 0.315 e. The molecule has 1 aromatic heterocycles. The standard InChI is InChI=1S/C12H13N3O4S2/c16-15(17)8-3-4-11-10(6-8)14-12(20-11)21(18,19)9-2-1-5-13-7-9/h3-4,6,9,13H,1-2,5,7H2/t9-/m0/s1. The van der Waals surface area contributed by atoms with Crippen molar-refractivity contribution in [3.05, 3.63) is 28.3 Å². The van der Waals surface area contributed by atoms with Gasteiger partial charge in [0.15, 0.2) is 0 Å². The Bertz CT molecular complexity index is 794. The summed E-state index contributed by atoms with van der Waals surface area (Å²) in [5, 5.41) is 13.4. The molecule has 0 amide bonds. The molecule has 1 atom stereocenters. The van der Waals surface area contributed by atoms with Crippen LogP contribution in [0.25, 0.3) is 10.2 Å². The van der Waals surface area contributed by atoms with Crippen molar-refractivity contribution in [1.82, 2.24) is 10.3 Å². The second-order valence-corrected chi connectivity index (χ2v) is 8.33. The number of aromatic nitrogens is 1. The van der Waals surface area contributed by atoms with Gasteiger partial charge in [0, 0.05) is 18.7 Å². The van der Waals surface area contributed by atoms with Gasteiger partial charge in [-0.15, -0.1) is 11.3 Å². The van der Waals surface area contributed by atoms with Crippen molar-refractivity contribution in [3.8, 4) is 0 Å². The van der Waals surface area contributed by atoms with E-state index in [1.807, 2.05) is 0 Å². The molecule has 0 unspecified atom stereocenters. The number of nitrogens with zero attached hydrogens (tertiary/aromatic N) is 2. The summed E-state index contributed by atoms with van der Waals surface area (Å²) < 4.78 is 25.8. The Morgan fingerprint density at radius 1 is 1.43 bits per heavy atom. The van der Waals surface area contributed by atoms with E-state index >= 15 is 0 Å². The fourth-order valence-corrected chi connectivity index (χ4v) is 5.50.